The highest BCUT2D eigenvalue weighted by Crippen LogP contribution is 2.30. The van der Waals surface area contributed by atoms with Crippen LogP contribution < -0.4 is 10.1 Å². The molecule has 0 unspecified atom stereocenters. The molecule has 6 heteroatoms. The molecule has 2 heterocycles. The summed E-state index contributed by atoms with van der Waals surface area (Å²) in [6, 6.07) is 21.1. The Morgan fingerprint density at radius 1 is 1.07 bits per heavy atom. The first kappa shape index (κ1) is 18.0. The average Bonchev–Trinajstić information content (AvgIpc) is 3.40. The number of anilines is 1. The van der Waals surface area contributed by atoms with Crippen LogP contribution >= 0.6 is 11.3 Å². The van der Waals surface area contributed by atoms with Crippen molar-refractivity contribution < 1.29 is 9.53 Å². The van der Waals surface area contributed by atoms with E-state index in [-0.39, 0.29) is 5.91 Å². The molecule has 140 valence electrons. The molecular weight excluding hydrogens is 370 g/mol. The number of amides is 1. The third kappa shape index (κ3) is 3.68. The lowest BCUT2D eigenvalue weighted by Gasteiger charge is -2.11. The van der Waals surface area contributed by atoms with Crippen LogP contribution in [0.1, 0.15) is 17.3 Å². The Hall–Kier alpha value is -3.38. The van der Waals surface area contributed by atoms with Crippen LogP contribution in [0, 0.1) is 0 Å². The molecule has 4 rings (SSSR count). The molecule has 1 N–H and O–H groups in total. The number of aromatic nitrogens is 2. The number of rotatable bonds is 6. The lowest BCUT2D eigenvalue weighted by Crippen LogP contribution is -2.13. The number of thiophene rings is 1. The highest BCUT2D eigenvalue weighted by molar-refractivity contribution is 7.13. The van der Waals surface area contributed by atoms with Gasteiger partial charge in [0.25, 0.3) is 5.91 Å². The molecule has 0 atom stereocenters. The molecule has 5 nitrogen and oxygen atoms in total. The molecule has 0 aliphatic rings. The molecule has 0 spiro atoms. The molecule has 0 fully saturated rings. The fraction of sp³-hybridized carbons (Fsp3) is 0.0909. The van der Waals surface area contributed by atoms with Gasteiger partial charge in [-0.3, -0.25) is 4.79 Å². The third-order valence-electron chi connectivity index (χ3n) is 4.17. The summed E-state index contributed by atoms with van der Waals surface area (Å²) in [5.74, 6) is 0.421. The average molecular weight is 389 g/mol. The normalized spacial score (nSPS) is 10.6. The van der Waals surface area contributed by atoms with E-state index >= 15 is 0 Å². The predicted molar refractivity (Wildman–Crippen MR) is 112 cm³/mol. The first-order valence-corrected chi connectivity index (χ1v) is 9.86. The van der Waals surface area contributed by atoms with E-state index < -0.39 is 0 Å². The van der Waals surface area contributed by atoms with Gasteiger partial charge in [-0.1, -0.05) is 36.4 Å². The summed E-state index contributed by atoms with van der Waals surface area (Å²) in [5.41, 5.74) is 2.70. The van der Waals surface area contributed by atoms with Crippen molar-refractivity contribution in [2.45, 2.75) is 6.92 Å². The Morgan fingerprint density at radius 3 is 2.61 bits per heavy atom. The van der Waals surface area contributed by atoms with Gasteiger partial charge in [-0.05, 0) is 42.6 Å². The molecule has 0 bridgehead atoms. The summed E-state index contributed by atoms with van der Waals surface area (Å²) in [7, 11) is 0. The summed E-state index contributed by atoms with van der Waals surface area (Å²) in [5, 5.41) is 9.62. The molecule has 0 aliphatic heterocycles. The number of carbonyl (C=O) groups excluding carboxylic acids is 1. The van der Waals surface area contributed by atoms with Gasteiger partial charge >= 0.3 is 0 Å². The summed E-state index contributed by atoms with van der Waals surface area (Å²) in [6.07, 6.45) is 1.77. The molecular formula is C22H19N3O2S. The molecule has 0 aliphatic carbocycles. The monoisotopic (exact) mass is 389 g/mol. The van der Waals surface area contributed by atoms with Crippen molar-refractivity contribution in [1.29, 1.82) is 0 Å². The van der Waals surface area contributed by atoms with Gasteiger partial charge in [0.05, 0.1) is 28.4 Å². The third-order valence-corrected chi connectivity index (χ3v) is 5.05. The molecule has 0 saturated heterocycles. The van der Waals surface area contributed by atoms with E-state index in [9.17, 15) is 4.79 Å². The van der Waals surface area contributed by atoms with Crippen LogP contribution in [0.2, 0.25) is 0 Å². The van der Waals surface area contributed by atoms with Gasteiger partial charge in [-0.15, -0.1) is 11.3 Å². The second-order valence-electron chi connectivity index (χ2n) is 6.03. The van der Waals surface area contributed by atoms with Crippen LogP contribution in [0.5, 0.6) is 5.75 Å². The van der Waals surface area contributed by atoms with Crippen LogP contribution in [0.3, 0.4) is 0 Å². The summed E-state index contributed by atoms with van der Waals surface area (Å²) in [6.45, 7) is 2.44. The summed E-state index contributed by atoms with van der Waals surface area (Å²) < 4.78 is 7.35. The lowest BCUT2D eigenvalue weighted by molar-refractivity contribution is 0.102. The number of hydrogen-bond acceptors (Lipinski definition) is 4. The highest BCUT2D eigenvalue weighted by Gasteiger charge is 2.20. The van der Waals surface area contributed by atoms with Crippen molar-refractivity contribution in [3.05, 3.63) is 83.9 Å². The maximum Gasteiger partial charge on any atom is 0.259 e. The standard InChI is InChI=1S/C22H19N3O2S/c1-2-27-19-12-7-6-11-18(19)23-22(26)17-15-25(16-9-4-3-5-10-16)24-21(17)20-13-8-14-28-20/h3-15H,2H2,1H3,(H,23,26). The van der Waals surface area contributed by atoms with E-state index in [2.05, 4.69) is 10.4 Å². The number of hydrogen-bond donors (Lipinski definition) is 1. The molecule has 2 aromatic heterocycles. The Bertz CT molecular complexity index is 1070. The summed E-state index contributed by atoms with van der Waals surface area (Å²) >= 11 is 1.55. The predicted octanol–water partition coefficient (Wildman–Crippen LogP) is 5.25. The maximum atomic E-state index is 13.1. The van der Waals surface area contributed by atoms with Crippen LogP contribution in [0.15, 0.2) is 78.3 Å². The second-order valence-corrected chi connectivity index (χ2v) is 6.98. The molecule has 4 aromatic rings. The van der Waals surface area contributed by atoms with Crippen molar-refractivity contribution >= 4 is 22.9 Å². The first-order valence-electron chi connectivity index (χ1n) is 8.98. The zero-order valence-corrected chi connectivity index (χ0v) is 16.1. The minimum Gasteiger partial charge on any atom is -0.492 e. The van der Waals surface area contributed by atoms with Crippen LogP contribution in [0.25, 0.3) is 16.3 Å². The van der Waals surface area contributed by atoms with Gasteiger partial charge in [0, 0.05) is 6.20 Å². The molecule has 1 amide bonds. The Balaban J connectivity index is 1.72. The van der Waals surface area contributed by atoms with Crippen molar-refractivity contribution in [2.75, 3.05) is 11.9 Å². The zero-order valence-electron chi connectivity index (χ0n) is 15.3. The SMILES string of the molecule is CCOc1ccccc1NC(=O)c1cn(-c2ccccc2)nc1-c1cccs1. The molecule has 2 aromatic carbocycles. The quantitative estimate of drug-likeness (QED) is 0.490. The molecule has 0 radical (unpaired) electrons. The Labute approximate surface area is 167 Å². The van der Waals surface area contributed by atoms with Gasteiger partial charge in [0.2, 0.25) is 0 Å². The van der Waals surface area contributed by atoms with E-state index in [1.807, 2.05) is 79.0 Å². The lowest BCUT2D eigenvalue weighted by atomic mass is 10.2. The number of benzene rings is 2. The van der Waals surface area contributed by atoms with Crippen molar-refractivity contribution in [3.63, 3.8) is 0 Å². The summed E-state index contributed by atoms with van der Waals surface area (Å²) in [4.78, 5) is 14.1. The highest BCUT2D eigenvalue weighted by atomic mass is 32.1. The van der Waals surface area contributed by atoms with Crippen LogP contribution in [-0.2, 0) is 0 Å². The Morgan fingerprint density at radius 2 is 1.86 bits per heavy atom. The minimum absolute atomic E-state index is 0.224. The van der Waals surface area contributed by atoms with Gasteiger partial charge in [-0.25, -0.2) is 4.68 Å². The van der Waals surface area contributed by atoms with Gasteiger partial charge < -0.3 is 10.1 Å². The van der Waals surface area contributed by atoms with Crippen LogP contribution in [-0.4, -0.2) is 22.3 Å². The van der Waals surface area contributed by atoms with E-state index in [4.69, 9.17) is 4.74 Å². The van der Waals surface area contributed by atoms with Crippen LogP contribution in [0.4, 0.5) is 5.69 Å². The number of para-hydroxylation sites is 3. The number of ether oxygens (including phenoxy) is 1. The second kappa shape index (κ2) is 8.10. The topological polar surface area (TPSA) is 56.1 Å². The van der Waals surface area contributed by atoms with Gasteiger partial charge in [-0.2, -0.15) is 5.10 Å². The molecule has 0 saturated carbocycles. The minimum atomic E-state index is -0.224. The fourth-order valence-corrected chi connectivity index (χ4v) is 3.61. The maximum absolute atomic E-state index is 13.1. The van der Waals surface area contributed by atoms with Gasteiger partial charge in [0.1, 0.15) is 11.4 Å². The van der Waals surface area contributed by atoms with Gasteiger partial charge in [0.15, 0.2) is 0 Å². The number of nitrogens with zero attached hydrogens (tertiary/aromatic N) is 2. The van der Waals surface area contributed by atoms with Crippen molar-refractivity contribution in [2.24, 2.45) is 0 Å². The van der Waals surface area contributed by atoms with E-state index in [1.54, 1.807) is 22.2 Å². The van der Waals surface area contributed by atoms with Crippen molar-refractivity contribution in [1.82, 2.24) is 9.78 Å². The first-order chi connectivity index (χ1) is 13.8. The zero-order chi connectivity index (χ0) is 19.3. The largest absolute Gasteiger partial charge is 0.492 e. The number of nitrogens with one attached hydrogen (secondary N) is 1. The van der Waals surface area contributed by atoms with E-state index in [1.165, 1.54) is 0 Å². The Kier molecular flexibility index (Phi) is 5.21. The van der Waals surface area contributed by atoms with E-state index in [0.29, 0.717) is 29.3 Å². The van der Waals surface area contributed by atoms with E-state index in [0.717, 1.165) is 10.6 Å². The molecule has 28 heavy (non-hydrogen) atoms. The van der Waals surface area contributed by atoms with Crippen molar-refractivity contribution in [3.8, 4) is 22.0 Å². The number of carbonyl (C=O) groups is 1. The fourth-order valence-electron chi connectivity index (χ4n) is 2.89. The smallest absolute Gasteiger partial charge is 0.259 e.